The quantitative estimate of drug-likeness (QED) is 0.783. The van der Waals surface area contributed by atoms with Crippen LogP contribution in [0.3, 0.4) is 0 Å². The molecule has 1 aliphatic carbocycles. The van der Waals surface area contributed by atoms with Gasteiger partial charge in [-0.25, -0.2) is 4.79 Å². The highest BCUT2D eigenvalue weighted by Crippen LogP contribution is 2.33. The molecule has 1 saturated carbocycles. The first kappa shape index (κ1) is 13.7. The number of hydrogen-bond donors (Lipinski definition) is 1. The third-order valence-electron chi connectivity index (χ3n) is 3.97. The molecule has 1 N–H and O–H groups in total. The van der Waals surface area contributed by atoms with Crippen molar-refractivity contribution in [1.29, 1.82) is 0 Å². The van der Waals surface area contributed by atoms with Gasteiger partial charge in [0.1, 0.15) is 6.04 Å². The van der Waals surface area contributed by atoms with Crippen molar-refractivity contribution in [3.63, 3.8) is 0 Å². The Bertz CT molecular complexity index is 326. The normalized spacial score (nSPS) is 30.2. The van der Waals surface area contributed by atoms with Crippen molar-refractivity contribution in [3.05, 3.63) is 0 Å². The number of hydrogen-bond acceptors (Lipinski definition) is 3. The number of amides is 1. The number of rotatable bonds is 2. The van der Waals surface area contributed by atoms with E-state index in [1.54, 1.807) is 16.7 Å². The van der Waals surface area contributed by atoms with Crippen LogP contribution >= 0.6 is 11.8 Å². The van der Waals surface area contributed by atoms with E-state index in [-0.39, 0.29) is 17.2 Å². The Hall–Kier alpha value is -0.710. The van der Waals surface area contributed by atoms with Gasteiger partial charge >= 0.3 is 5.97 Å². The largest absolute Gasteiger partial charge is 0.480 e. The molecule has 2 atom stereocenters. The molecule has 1 amide bonds. The highest BCUT2D eigenvalue weighted by Gasteiger charge is 2.41. The van der Waals surface area contributed by atoms with Gasteiger partial charge in [0.25, 0.3) is 0 Å². The van der Waals surface area contributed by atoms with Crippen molar-refractivity contribution in [2.75, 3.05) is 5.75 Å². The smallest absolute Gasteiger partial charge is 0.327 e. The number of carbonyl (C=O) groups is 2. The van der Waals surface area contributed by atoms with Crippen molar-refractivity contribution in [1.82, 2.24) is 4.90 Å². The summed E-state index contributed by atoms with van der Waals surface area (Å²) in [6.07, 6.45) is 6.47. The van der Waals surface area contributed by atoms with E-state index in [0.717, 1.165) is 25.7 Å². The fourth-order valence-corrected chi connectivity index (χ4v) is 4.08. The Morgan fingerprint density at radius 2 is 1.78 bits per heavy atom. The molecule has 1 aliphatic heterocycles. The summed E-state index contributed by atoms with van der Waals surface area (Å²) in [4.78, 5) is 25.3. The number of nitrogens with zero attached hydrogens (tertiary/aromatic N) is 1. The van der Waals surface area contributed by atoms with Gasteiger partial charge in [-0.05, 0) is 19.8 Å². The molecule has 18 heavy (non-hydrogen) atoms. The lowest BCUT2D eigenvalue weighted by Crippen LogP contribution is -2.47. The van der Waals surface area contributed by atoms with Crippen LogP contribution in [0, 0.1) is 5.92 Å². The van der Waals surface area contributed by atoms with Crippen LogP contribution in [0.5, 0.6) is 0 Å². The average molecular weight is 271 g/mol. The van der Waals surface area contributed by atoms with E-state index in [1.807, 2.05) is 6.92 Å². The molecule has 0 aromatic carbocycles. The zero-order chi connectivity index (χ0) is 13.1. The van der Waals surface area contributed by atoms with Crippen molar-refractivity contribution in [2.45, 2.75) is 56.9 Å². The molecule has 0 aromatic heterocycles. The van der Waals surface area contributed by atoms with E-state index in [1.165, 1.54) is 12.8 Å². The molecule has 0 bridgehead atoms. The molecule has 0 spiro atoms. The zero-order valence-corrected chi connectivity index (χ0v) is 11.6. The van der Waals surface area contributed by atoms with Gasteiger partial charge in [0.05, 0.1) is 5.37 Å². The van der Waals surface area contributed by atoms with Crippen LogP contribution in [0.4, 0.5) is 0 Å². The third-order valence-corrected chi connectivity index (χ3v) is 5.18. The first-order chi connectivity index (χ1) is 8.61. The summed E-state index contributed by atoms with van der Waals surface area (Å²) in [7, 11) is 0. The molecule has 5 heteroatoms. The molecule has 1 saturated heterocycles. The second kappa shape index (κ2) is 5.95. The SMILES string of the molecule is CC1SCC(C(=O)O)N1C(=O)C1CCCCCC1. The standard InChI is InChI=1S/C13H21NO3S/c1-9-14(11(8-18-9)13(16)17)12(15)10-6-4-2-3-5-7-10/h9-11H,2-8H2,1H3,(H,16,17). The van der Waals surface area contributed by atoms with Gasteiger partial charge in [-0.15, -0.1) is 11.8 Å². The highest BCUT2D eigenvalue weighted by atomic mass is 32.2. The van der Waals surface area contributed by atoms with Crippen molar-refractivity contribution in [2.24, 2.45) is 5.92 Å². The van der Waals surface area contributed by atoms with Gasteiger partial charge in [-0.1, -0.05) is 25.7 Å². The van der Waals surface area contributed by atoms with E-state index < -0.39 is 12.0 Å². The minimum Gasteiger partial charge on any atom is -0.480 e. The van der Waals surface area contributed by atoms with Crippen LogP contribution in [0.1, 0.15) is 45.4 Å². The minimum absolute atomic E-state index is 0.00172. The van der Waals surface area contributed by atoms with Gasteiger partial charge in [0.15, 0.2) is 0 Å². The molecular weight excluding hydrogens is 250 g/mol. The van der Waals surface area contributed by atoms with Gasteiger partial charge < -0.3 is 10.0 Å². The van der Waals surface area contributed by atoms with Gasteiger partial charge in [-0.2, -0.15) is 0 Å². The van der Waals surface area contributed by atoms with Crippen molar-refractivity contribution in [3.8, 4) is 0 Å². The fourth-order valence-electron chi connectivity index (χ4n) is 2.90. The Morgan fingerprint density at radius 1 is 1.17 bits per heavy atom. The second-order valence-corrected chi connectivity index (χ2v) is 6.57. The monoisotopic (exact) mass is 271 g/mol. The fraction of sp³-hybridized carbons (Fsp3) is 0.846. The molecule has 2 rings (SSSR count). The zero-order valence-electron chi connectivity index (χ0n) is 10.8. The Labute approximate surface area is 112 Å². The molecular formula is C13H21NO3S. The molecule has 2 fully saturated rings. The lowest BCUT2D eigenvalue weighted by Gasteiger charge is -2.29. The number of carbonyl (C=O) groups excluding carboxylic acids is 1. The van der Waals surface area contributed by atoms with E-state index in [2.05, 4.69) is 0 Å². The maximum atomic E-state index is 12.5. The number of carboxylic acid groups (broad SMARTS) is 1. The number of carboxylic acids is 1. The van der Waals surface area contributed by atoms with Gasteiger partial charge in [0.2, 0.25) is 5.91 Å². The predicted molar refractivity (Wildman–Crippen MR) is 71.4 cm³/mol. The van der Waals surface area contributed by atoms with E-state index in [0.29, 0.717) is 5.75 Å². The van der Waals surface area contributed by atoms with E-state index in [9.17, 15) is 14.7 Å². The van der Waals surface area contributed by atoms with Crippen LogP contribution in [0.15, 0.2) is 0 Å². The molecule has 0 aromatic rings. The topological polar surface area (TPSA) is 57.6 Å². The Balaban J connectivity index is 2.07. The summed E-state index contributed by atoms with van der Waals surface area (Å²) in [6, 6.07) is -0.624. The molecule has 2 aliphatic rings. The van der Waals surface area contributed by atoms with Crippen LogP contribution in [0.2, 0.25) is 0 Å². The van der Waals surface area contributed by atoms with Crippen molar-refractivity contribution < 1.29 is 14.7 Å². The summed E-state index contributed by atoms with van der Waals surface area (Å²) in [5, 5.41) is 9.20. The first-order valence-corrected chi connectivity index (χ1v) is 7.82. The summed E-state index contributed by atoms with van der Waals surface area (Å²) < 4.78 is 0. The predicted octanol–water partition coefficient (Wildman–Crippen LogP) is 2.33. The van der Waals surface area contributed by atoms with Crippen molar-refractivity contribution >= 4 is 23.6 Å². The van der Waals surface area contributed by atoms with Gasteiger partial charge in [0, 0.05) is 11.7 Å². The molecule has 0 radical (unpaired) electrons. The minimum atomic E-state index is -0.867. The Kier molecular flexibility index (Phi) is 4.54. The molecule has 4 nitrogen and oxygen atoms in total. The Morgan fingerprint density at radius 3 is 2.33 bits per heavy atom. The summed E-state index contributed by atoms with van der Waals surface area (Å²) in [6.45, 7) is 1.93. The third kappa shape index (κ3) is 2.82. The second-order valence-electron chi connectivity index (χ2n) is 5.22. The van der Waals surface area contributed by atoms with E-state index >= 15 is 0 Å². The van der Waals surface area contributed by atoms with Crippen LogP contribution in [-0.4, -0.2) is 39.1 Å². The maximum absolute atomic E-state index is 12.5. The van der Waals surface area contributed by atoms with Crippen LogP contribution in [-0.2, 0) is 9.59 Å². The summed E-state index contributed by atoms with van der Waals surface area (Å²) >= 11 is 1.56. The molecule has 2 unspecified atom stereocenters. The van der Waals surface area contributed by atoms with E-state index in [4.69, 9.17) is 0 Å². The lowest BCUT2D eigenvalue weighted by atomic mass is 9.98. The van der Waals surface area contributed by atoms with Crippen LogP contribution < -0.4 is 0 Å². The number of thioether (sulfide) groups is 1. The molecule has 102 valence electrons. The maximum Gasteiger partial charge on any atom is 0.327 e. The molecule has 1 heterocycles. The summed E-state index contributed by atoms with van der Waals surface area (Å²) in [5.74, 6) is -0.222. The number of aliphatic carboxylic acids is 1. The lowest BCUT2D eigenvalue weighted by molar-refractivity contribution is -0.151. The first-order valence-electron chi connectivity index (χ1n) is 6.78. The summed E-state index contributed by atoms with van der Waals surface area (Å²) in [5.41, 5.74) is 0. The van der Waals surface area contributed by atoms with Gasteiger partial charge in [-0.3, -0.25) is 4.79 Å². The average Bonchev–Trinajstić information content (AvgIpc) is 2.56. The highest BCUT2D eigenvalue weighted by molar-refractivity contribution is 8.00. The van der Waals surface area contributed by atoms with Crippen LogP contribution in [0.25, 0.3) is 0 Å².